The lowest BCUT2D eigenvalue weighted by atomic mass is 9.86. The van der Waals surface area contributed by atoms with E-state index in [9.17, 15) is 0 Å². The molecule has 0 aliphatic carbocycles. The van der Waals surface area contributed by atoms with E-state index in [1.54, 1.807) is 0 Å². The topological polar surface area (TPSA) is 0 Å². The monoisotopic (exact) mass is 284 g/mol. The molecule has 0 nitrogen and oxygen atoms in total. The molecule has 0 saturated carbocycles. The van der Waals surface area contributed by atoms with Gasteiger partial charge in [-0.15, -0.1) is 0 Å². The van der Waals surface area contributed by atoms with Crippen molar-refractivity contribution in [2.45, 2.75) is 119 Å². The molecule has 0 aliphatic rings. The molecular weight excluding hydrogens is 240 g/mol. The van der Waals surface area contributed by atoms with E-state index in [1.807, 2.05) is 0 Å². The molecule has 0 N–H and O–H groups in total. The van der Waals surface area contributed by atoms with Crippen molar-refractivity contribution in [3.05, 3.63) is 0 Å². The first-order chi connectivity index (χ1) is 9.33. The summed E-state index contributed by atoms with van der Waals surface area (Å²) in [6, 6.07) is 0. The third-order valence-electron chi connectivity index (χ3n) is 3.48. The van der Waals surface area contributed by atoms with Gasteiger partial charge in [0.1, 0.15) is 0 Å². The van der Waals surface area contributed by atoms with E-state index < -0.39 is 0 Å². The van der Waals surface area contributed by atoms with Crippen molar-refractivity contribution in [2.24, 2.45) is 11.3 Å². The van der Waals surface area contributed by atoms with E-state index in [-0.39, 0.29) is 0 Å². The van der Waals surface area contributed by atoms with Crippen molar-refractivity contribution in [3.8, 4) is 0 Å². The van der Waals surface area contributed by atoms with E-state index in [0.717, 1.165) is 5.92 Å². The zero-order valence-electron chi connectivity index (χ0n) is 15.9. The van der Waals surface area contributed by atoms with Crippen LogP contribution in [0.3, 0.4) is 0 Å². The van der Waals surface area contributed by atoms with Gasteiger partial charge in [-0.1, -0.05) is 113 Å². The number of hydrogen-bond donors (Lipinski definition) is 0. The Hall–Kier alpha value is 0. The summed E-state index contributed by atoms with van der Waals surface area (Å²) in [5, 5.41) is 0. The zero-order chi connectivity index (χ0) is 15.9. The standard InChI is InChI=1S/C12H26.C8H18/c1-3-5-7-9-11-12-10-8-6-4-2;1-7(2)6-8(3,4)5/h3-12H2,1-2H3;7H,6H2,1-5H3. The molecule has 0 saturated heterocycles. The van der Waals surface area contributed by atoms with Gasteiger partial charge in [-0.2, -0.15) is 0 Å². The van der Waals surface area contributed by atoms with Gasteiger partial charge in [0.2, 0.25) is 0 Å². The second kappa shape index (κ2) is 15.4. The predicted molar refractivity (Wildman–Crippen MR) is 96.4 cm³/mol. The van der Waals surface area contributed by atoms with E-state index >= 15 is 0 Å². The number of hydrogen-bond acceptors (Lipinski definition) is 0. The first kappa shape index (κ1) is 22.3. The molecule has 0 bridgehead atoms. The first-order valence-electron chi connectivity index (χ1n) is 9.33. The van der Waals surface area contributed by atoms with Crippen LogP contribution in [-0.4, -0.2) is 0 Å². The fourth-order valence-electron chi connectivity index (χ4n) is 2.79. The van der Waals surface area contributed by atoms with Crippen LogP contribution in [0, 0.1) is 11.3 Å². The minimum Gasteiger partial charge on any atom is -0.0654 e. The van der Waals surface area contributed by atoms with Crippen molar-refractivity contribution < 1.29 is 0 Å². The van der Waals surface area contributed by atoms with Crippen LogP contribution in [0.15, 0.2) is 0 Å². The maximum absolute atomic E-state index is 2.28. The molecule has 0 heterocycles. The minimum atomic E-state index is 0.522. The molecule has 0 radical (unpaired) electrons. The van der Waals surface area contributed by atoms with Crippen LogP contribution in [-0.2, 0) is 0 Å². The van der Waals surface area contributed by atoms with Gasteiger partial charge in [0.15, 0.2) is 0 Å². The van der Waals surface area contributed by atoms with Crippen molar-refractivity contribution in [3.63, 3.8) is 0 Å². The SMILES string of the molecule is CC(C)CC(C)(C)C.CCCCCCCCCCCC. The Morgan fingerprint density at radius 1 is 0.600 bits per heavy atom. The summed E-state index contributed by atoms with van der Waals surface area (Å²) in [5.41, 5.74) is 0.522. The second-order valence-electron chi connectivity index (χ2n) is 7.99. The molecule has 0 aliphatic heterocycles. The zero-order valence-corrected chi connectivity index (χ0v) is 15.9. The van der Waals surface area contributed by atoms with Crippen LogP contribution in [0.25, 0.3) is 0 Å². The predicted octanol–water partition coefficient (Wildman–Crippen LogP) is 8.01. The first-order valence-corrected chi connectivity index (χ1v) is 9.33. The Morgan fingerprint density at radius 3 is 1.05 bits per heavy atom. The lowest BCUT2D eigenvalue weighted by Gasteiger charge is -2.19. The molecule has 0 spiro atoms. The van der Waals surface area contributed by atoms with Crippen LogP contribution in [0.1, 0.15) is 119 Å². The molecule has 124 valence electrons. The largest absolute Gasteiger partial charge is 0.0654 e. The van der Waals surface area contributed by atoms with Crippen LogP contribution < -0.4 is 0 Å². The summed E-state index contributed by atoms with van der Waals surface area (Å²) < 4.78 is 0. The summed E-state index contributed by atoms with van der Waals surface area (Å²) >= 11 is 0. The van der Waals surface area contributed by atoms with Gasteiger partial charge in [-0.3, -0.25) is 0 Å². The molecule has 20 heavy (non-hydrogen) atoms. The van der Waals surface area contributed by atoms with Crippen LogP contribution in [0.4, 0.5) is 0 Å². The van der Waals surface area contributed by atoms with Gasteiger partial charge in [-0.25, -0.2) is 0 Å². The summed E-state index contributed by atoms with van der Waals surface area (Å²) in [4.78, 5) is 0. The highest BCUT2D eigenvalue weighted by Gasteiger charge is 2.11. The Morgan fingerprint density at radius 2 is 0.900 bits per heavy atom. The van der Waals surface area contributed by atoms with Gasteiger partial charge in [-0.05, 0) is 17.8 Å². The summed E-state index contributed by atoms with van der Waals surface area (Å²) in [7, 11) is 0. The molecule has 0 aromatic rings. The Bertz CT molecular complexity index is 151. The summed E-state index contributed by atoms with van der Waals surface area (Å²) in [6.07, 6.45) is 15.8. The maximum Gasteiger partial charge on any atom is -0.0380 e. The van der Waals surface area contributed by atoms with Crippen LogP contribution >= 0.6 is 0 Å². The highest BCUT2D eigenvalue weighted by Crippen LogP contribution is 2.23. The smallest absolute Gasteiger partial charge is 0.0380 e. The molecule has 0 amide bonds. The van der Waals surface area contributed by atoms with E-state index in [1.165, 1.54) is 70.6 Å². The van der Waals surface area contributed by atoms with Crippen molar-refractivity contribution >= 4 is 0 Å². The highest BCUT2D eigenvalue weighted by atomic mass is 14.2. The highest BCUT2D eigenvalue weighted by molar-refractivity contribution is 4.62. The molecule has 0 aromatic heterocycles. The molecule has 0 rings (SSSR count). The summed E-state index contributed by atoms with van der Waals surface area (Å²) in [5.74, 6) is 0.843. The number of unbranched alkanes of at least 4 members (excludes halogenated alkanes) is 9. The molecule has 0 heteroatoms. The fourth-order valence-corrected chi connectivity index (χ4v) is 2.79. The quantitative estimate of drug-likeness (QED) is 0.356. The maximum atomic E-state index is 2.28. The summed E-state index contributed by atoms with van der Waals surface area (Å²) in [6.45, 7) is 16.0. The third-order valence-corrected chi connectivity index (χ3v) is 3.48. The molecule has 0 atom stereocenters. The van der Waals surface area contributed by atoms with Gasteiger partial charge in [0.25, 0.3) is 0 Å². The Kier molecular flexibility index (Phi) is 17.1. The lowest BCUT2D eigenvalue weighted by Crippen LogP contribution is -2.08. The average molecular weight is 285 g/mol. The van der Waals surface area contributed by atoms with Gasteiger partial charge < -0.3 is 0 Å². The molecular formula is C20H44. The van der Waals surface area contributed by atoms with Crippen LogP contribution in [0.5, 0.6) is 0 Å². The van der Waals surface area contributed by atoms with Gasteiger partial charge >= 0.3 is 0 Å². The fraction of sp³-hybridized carbons (Fsp3) is 1.00. The van der Waals surface area contributed by atoms with Crippen LogP contribution in [0.2, 0.25) is 0 Å². The lowest BCUT2D eigenvalue weighted by molar-refractivity contribution is 0.320. The van der Waals surface area contributed by atoms with Crippen molar-refractivity contribution in [1.29, 1.82) is 0 Å². The minimum absolute atomic E-state index is 0.522. The number of rotatable bonds is 10. The molecule has 0 unspecified atom stereocenters. The van der Waals surface area contributed by atoms with E-state index in [2.05, 4.69) is 48.5 Å². The second-order valence-corrected chi connectivity index (χ2v) is 7.99. The third kappa shape index (κ3) is 26.5. The normalized spacial score (nSPS) is 11.4. The molecule has 0 aromatic carbocycles. The Balaban J connectivity index is 0. The Labute approximate surface area is 131 Å². The molecule has 0 fully saturated rings. The van der Waals surface area contributed by atoms with Crippen molar-refractivity contribution in [1.82, 2.24) is 0 Å². The van der Waals surface area contributed by atoms with E-state index in [0.29, 0.717) is 5.41 Å². The van der Waals surface area contributed by atoms with Gasteiger partial charge in [0, 0.05) is 0 Å². The van der Waals surface area contributed by atoms with Crippen molar-refractivity contribution in [2.75, 3.05) is 0 Å². The van der Waals surface area contributed by atoms with Gasteiger partial charge in [0.05, 0.1) is 0 Å². The van der Waals surface area contributed by atoms with E-state index in [4.69, 9.17) is 0 Å². The average Bonchev–Trinajstić information content (AvgIpc) is 2.30.